The lowest BCUT2D eigenvalue weighted by atomic mass is 10.0. The van der Waals surface area contributed by atoms with Crippen molar-refractivity contribution in [3.63, 3.8) is 0 Å². The monoisotopic (exact) mass is 272 g/mol. The quantitative estimate of drug-likeness (QED) is 0.735. The van der Waals surface area contributed by atoms with Gasteiger partial charge in [-0.25, -0.2) is 4.98 Å². The van der Waals surface area contributed by atoms with Crippen LogP contribution < -0.4 is 5.32 Å². The van der Waals surface area contributed by atoms with Gasteiger partial charge in [0.1, 0.15) is 10.8 Å². The Morgan fingerprint density at radius 2 is 2.06 bits per heavy atom. The highest BCUT2D eigenvalue weighted by atomic mass is 35.5. The van der Waals surface area contributed by atoms with E-state index in [0.717, 1.165) is 18.2 Å². The normalized spacial score (nSPS) is 15.2. The van der Waals surface area contributed by atoms with Gasteiger partial charge in [-0.05, 0) is 30.2 Å². The number of hydrogen-bond donors (Lipinski definition) is 1. The molecule has 0 fully saturated rings. The van der Waals surface area contributed by atoms with Crippen LogP contribution in [0.5, 0.6) is 0 Å². The minimum atomic E-state index is -4.43. The van der Waals surface area contributed by atoms with Gasteiger partial charge in [-0.3, -0.25) is 0 Å². The molecule has 1 aromatic rings. The smallest absolute Gasteiger partial charge is 0.312 e. The molecule has 0 aromatic carbocycles. The highest BCUT2D eigenvalue weighted by Gasteiger charge is 2.34. The molecule has 2 nitrogen and oxygen atoms in total. The Morgan fingerprint density at radius 1 is 1.38 bits per heavy atom. The van der Waals surface area contributed by atoms with E-state index in [1.807, 2.05) is 0 Å². The Hall–Kier alpha value is -0.520. The van der Waals surface area contributed by atoms with Crippen molar-refractivity contribution in [3.05, 3.63) is 28.0 Å². The van der Waals surface area contributed by atoms with E-state index in [9.17, 15) is 13.2 Å². The third-order valence-corrected chi connectivity index (χ3v) is 2.64. The second-order valence-electron chi connectivity index (χ2n) is 3.36. The molecule has 7 heteroatoms. The first kappa shape index (κ1) is 13.5. The van der Waals surface area contributed by atoms with E-state index in [1.165, 1.54) is 0 Å². The second-order valence-corrected chi connectivity index (χ2v) is 3.72. The van der Waals surface area contributed by atoms with Gasteiger partial charge in [0.05, 0.1) is 0 Å². The molecule has 16 heavy (non-hydrogen) atoms. The molecule has 1 aliphatic rings. The first-order chi connectivity index (χ1) is 6.98. The predicted octanol–water partition coefficient (Wildman–Crippen LogP) is 2.82. The summed E-state index contributed by atoms with van der Waals surface area (Å²) >= 11 is 5.71. The van der Waals surface area contributed by atoms with Gasteiger partial charge in [-0.2, -0.15) is 13.2 Å². The molecule has 0 unspecified atom stereocenters. The average Bonchev–Trinajstić information content (AvgIpc) is 2.16. The van der Waals surface area contributed by atoms with Crippen LogP contribution in [-0.4, -0.2) is 11.5 Å². The van der Waals surface area contributed by atoms with Gasteiger partial charge in [0.15, 0.2) is 0 Å². The SMILES string of the molecule is Cl.FC(F)(F)c1cc2c(c(Cl)n1)CCNC2. The summed E-state index contributed by atoms with van der Waals surface area (Å²) in [5.41, 5.74) is 0.395. The Kier molecular flexibility index (Phi) is 4.04. The van der Waals surface area contributed by atoms with E-state index < -0.39 is 11.9 Å². The average molecular weight is 273 g/mol. The van der Waals surface area contributed by atoms with Crippen molar-refractivity contribution in [1.29, 1.82) is 0 Å². The van der Waals surface area contributed by atoms with Gasteiger partial charge in [0.2, 0.25) is 0 Å². The third kappa shape index (κ3) is 2.59. The van der Waals surface area contributed by atoms with E-state index in [2.05, 4.69) is 10.3 Å². The maximum atomic E-state index is 12.4. The van der Waals surface area contributed by atoms with Gasteiger partial charge < -0.3 is 5.32 Å². The van der Waals surface area contributed by atoms with Crippen LogP contribution in [0.15, 0.2) is 6.07 Å². The van der Waals surface area contributed by atoms with Crippen LogP contribution in [-0.2, 0) is 19.1 Å². The lowest BCUT2D eigenvalue weighted by molar-refractivity contribution is -0.141. The number of fused-ring (bicyclic) bond motifs is 1. The van der Waals surface area contributed by atoms with Gasteiger partial charge in [0, 0.05) is 6.54 Å². The molecule has 1 aromatic heterocycles. The van der Waals surface area contributed by atoms with Gasteiger partial charge >= 0.3 is 6.18 Å². The Balaban J connectivity index is 0.00000128. The zero-order valence-electron chi connectivity index (χ0n) is 8.07. The minimum Gasteiger partial charge on any atom is -0.312 e. The Bertz CT molecular complexity index is 393. The Labute approximate surface area is 102 Å². The summed E-state index contributed by atoms with van der Waals surface area (Å²) < 4.78 is 37.2. The first-order valence-corrected chi connectivity index (χ1v) is 4.82. The van der Waals surface area contributed by atoms with Crippen LogP contribution in [0.4, 0.5) is 13.2 Å². The van der Waals surface area contributed by atoms with Crippen molar-refractivity contribution in [2.45, 2.75) is 19.1 Å². The van der Waals surface area contributed by atoms with Gasteiger partial charge in [0.25, 0.3) is 0 Å². The molecule has 0 aliphatic carbocycles. The van der Waals surface area contributed by atoms with Gasteiger partial charge in [-0.1, -0.05) is 11.6 Å². The zero-order chi connectivity index (χ0) is 11.1. The number of pyridine rings is 1. The van der Waals surface area contributed by atoms with Crippen LogP contribution in [0.25, 0.3) is 0 Å². The zero-order valence-corrected chi connectivity index (χ0v) is 9.64. The molecule has 0 saturated carbocycles. The van der Waals surface area contributed by atoms with E-state index >= 15 is 0 Å². The largest absolute Gasteiger partial charge is 0.433 e. The van der Waals surface area contributed by atoms with E-state index in [0.29, 0.717) is 18.5 Å². The van der Waals surface area contributed by atoms with Crippen LogP contribution in [0.3, 0.4) is 0 Å². The van der Waals surface area contributed by atoms with Crippen LogP contribution in [0.1, 0.15) is 16.8 Å². The maximum absolute atomic E-state index is 12.4. The predicted molar refractivity (Wildman–Crippen MR) is 56.9 cm³/mol. The van der Waals surface area contributed by atoms with E-state index in [1.54, 1.807) is 0 Å². The van der Waals surface area contributed by atoms with E-state index in [-0.39, 0.29) is 17.6 Å². The molecule has 90 valence electrons. The number of alkyl halides is 3. The van der Waals surface area contributed by atoms with Crippen molar-refractivity contribution < 1.29 is 13.2 Å². The van der Waals surface area contributed by atoms with Crippen LogP contribution >= 0.6 is 24.0 Å². The van der Waals surface area contributed by atoms with Crippen LogP contribution in [0, 0.1) is 0 Å². The number of aromatic nitrogens is 1. The van der Waals surface area contributed by atoms with Crippen molar-refractivity contribution in [2.75, 3.05) is 6.54 Å². The summed E-state index contributed by atoms with van der Waals surface area (Å²) in [4.78, 5) is 3.37. The summed E-state index contributed by atoms with van der Waals surface area (Å²) in [5.74, 6) is 0. The minimum absolute atomic E-state index is 0. The molecule has 2 rings (SSSR count). The molecule has 0 saturated heterocycles. The standard InChI is InChI=1S/C9H8ClF3N2.ClH/c10-8-6-1-2-14-4-5(6)3-7(15-8)9(11,12)13;/h3,14H,1-2,4H2;1H. The fourth-order valence-electron chi connectivity index (χ4n) is 1.59. The molecule has 0 spiro atoms. The fourth-order valence-corrected chi connectivity index (χ4v) is 1.90. The molecule has 1 aliphatic heterocycles. The molecule has 1 N–H and O–H groups in total. The second kappa shape index (κ2) is 4.77. The number of hydrogen-bond acceptors (Lipinski definition) is 2. The number of nitrogens with zero attached hydrogens (tertiary/aromatic N) is 1. The number of halogens is 5. The van der Waals surface area contributed by atoms with Crippen molar-refractivity contribution in [2.24, 2.45) is 0 Å². The topological polar surface area (TPSA) is 24.9 Å². The molecule has 0 radical (unpaired) electrons. The first-order valence-electron chi connectivity index (χ1n) is 4.44. The van der Waals surface area contributed by atoms with Crippen molar-refractivity contribution in [1.82, 2.24) is 10.3 Å². The number of rotatable bonds is 0. The molecular weight excluding hydrogens is 264 g/mol. The summed E-state index contributed by atoms with van der Waals surface area (Å²) in [6.07, 6.45) is -3.81. The molecular formula is C9H9Cl2F3N2. The fraction of sp³-hybridized carbons (Fsp3) is 0.444. The number of nitrogens with one attached hydrogen (secondary N) is 1. The molecule has 2 heterocycles. The highest BCUT2D eigenvalue weighted by molar-refractivity contribution is 6.30. The lowest BCUT2D eigenvalue weighted by Gasteiger charge is -2.19. The van der Waals surface area contributed by atoms with Crippen molar-refractivity contribution >= 4 is 24.0 Å². The summed E-state index contributed by atoms with van der Waals surface area (Å²) in [6, 6.07) is 1.06. The summed E-state index contributed by atoms with van der Waals surface area (Å²) in [7, 11) is 0. The molecule has 0 bridgehead atoms. The lowest BCUT2D eigenvalue weighted by Crippen LogP contribution is -2.25. The third-order valence-electron chi connectivity index (χ3n) is 2.32. The summed E-state index contributed by atoms with van der Waals surface area (Å²) in [6.45, 7) is 1.14. The van der Waals surface area contributed by atoms with Crippen molar-refractivity contribution in [3.8, 4) is 0 Å². The Morgan fingerprint density at radius 3 is 2.69 bits per heavy atom. The highest BCUT2D eigenvalue weighted by Crippen LogP contribution is 2.32. The van der Waals surface area contributed by atoms with E-state index in [4.69, 9.17) is 11.6 Å². The summed E-state index contributed by atoms with van der Waals surface area (Å²) in [5, 5.41) is 2.97. The molecule has 0 amide bonds. The van der Waals surface area contributed by atoms with Gasteiger partial charge in [-0.15, -0.1) is 12.4 Å². The molecule has 0 atom stereocenters. The van der Waals surface area contributed by atoms with Crippen LogP contribution in [0.2, 0.25) is 5.15 Å². The maximum Gasteiger partial charge on any atom is 0.433 e.